The Morgan fingerprint density at radius 1 is 1.56 bits per heavy atom. The molecule has 1 rings (SSSR count). The van der Waals surface area contributed by atoms with Crippen LogP contribution in [0, 0.1) is 0 Å². The molecule has 16 heavy (non-hydrogen) atoms. The van der Waals surface area contributed by atoms with E-state index in [1.807, 2.05) is 18.2 Å². The number of anilines is 1. The van der Waals surface area contributed by atoms with Gasteiger partial charge in [0.15, 0.2) is 0 Å². The number of methoxy groups -OCH3 is 1. The van der Waals surface area contributed by atoms with E-state index < -0.39 is 0 Å². The third-order valence-corrected chi connectivity index (χ3v) is 3.19. The van der Waals surface area contributed by atoms with E-state index >= 15 is 0 Å². The van der Waals surface area contributed by atoms with Crippen molar-refractivity contribution in [1.29, 1.82) is 0 Å². The smallest absolute Gasteiger partial charge is 0.237 e. The maximum absolute atomic E-state index is 11.6. The van der Waals surface area contributed by atoms with Gasteiger partial charge in [0.25, 0.3) is 0 Å². The van der Waals surface area contributed by atoms with Crippen molar-refractivity contribution in [3.63, 3.8) is 0 Å². The molecule has 0 saturated carbocycles. The van der Waals surface area contributed by atoms with Gasteiger partial charge in [0.2, 0.25) is 5.91 Å². The van der Waals surface area contributed by atoms with Crippen molar-refractivity contribution in [3.8, 4) is 0 Å². The summed E-state index contributed by atoms with van der Waals surface area (Å²) in [6, 6.07) is 5.64. The van der Waals surface area contributed by atoms with E-state index in [4.69, 9.17) is 4.74 Å². The molecule has 1 aromatic carbocycles. The minimum absolute atomic E-state index is 0.0737. The fraction of sp³-hybridized carbons (Fsp3) is 0.364. The van der Waals surface area contributed by atoms with Gasteiger partial charge in [-0.25, -0.2) is 0 Å². The Balaban J connectivity index is 2.94. The summed E-state index contributed by atoms with van der Waals surface area (Å²) in [4.78, 5) is 11.3. The quantitative estimate of drug-likeness (QED) is 0.846. The number of hydrogen-bond donors (Lipinski definition) is 1. The maximum atomic E-state index is 11.6. The first-order valence-electron chi connectivity index (χ1n) is 4.77. The third-order valence-electron chi connectivity index (χ3n) is 2.03. The number of alkyl halides is 1. The van der Waals surface area contributed by atoms with Gasteiger partial charge < -0.3 is 10.1 Å². The molecule has 0 spiro atoms. The van der Waals surface area contributed by atoms with Gasteiger partial charge in [0.05, 0.1) is 11.4 Å². The fourth-order valence-corrected chi connectivity index (χ4v) is 1.79. The van der Waals surface area contributed by atoms with E-state index in [1.165, 1.54) is 0 Å². The van der Waals surface area contributed by atoms with Crippen LogP contribution in [-0.4, -0.2) is 17.8 Å². The molecule has 88 valence electrons. The highest BCUT2D eigenvalue weighted by atomic mass is 79.9. The summed E-state index contributed by atoms with van der Waals surface area (Å²) >= 11 is 6.66. The maximum Gasteiger partial charge on any atom is 0.237 e. The summed E-state index contributed by atoms with van der Waals surface area (Å²) < 4.78 is 6.02. The van der Waals surface area contributed by atoms with E-state index in [9.17, 15) is 4.79 Å². The molecule has 5 heteroatoms. The molecule has 1 amide bonds. The van der Waals surface area contributed by atoms with Gasteiger partial charge in [-0.3, -0.25) is 4.79 Å². The van der Waals surface area contributed by atoms with E-state index in [0.29, 0.717) is 6.61 Å². The first-order chi connectivity index (χ1) is 7.56. The SMILES string of the molecule is COCc1c(Br)cccc1NC(=O)C(C)Br. The molecule has 0 aliphatic heterocycles. The Bertz CT molecular complexity index is 380. The van der Waals surface area contributed by atoms with Crippen LogP contribution in [0.25, 0.3) is 0 Å². The average Bonchev–Trinajstić information content (AvgIpc) is 2.23. The molecule has 1 atom stereocenters. The molecule has 0 radical (unpaired) electrons. The van der Waals surface area contributed by atoms with Crippen LogP contribution in [0.2, 0.25) is 0 Å². The molecule has 0 aliphatic carbocycles. The van der Waals surface area contributed by atoms with Crippen molar-refractivity contribution < 1.29 is 9.53 Å². The first kappa shape index (κ1) is 13.7. The Labute approximate surface area is 112 Å². The van der Waals surface area contributed by atoms with Crippen LogP contribution in [0.3, 0.4) is 0 Å². The second kappa shape index (κ2) is 6.37. The largest absolute Gasteiger partial charge is 0.380 e. The number of benzene rings is 1. The van der Waals surface area contributed by atoms with E-state index in [1.54, 1.807) is 14.0 Å². The zero-order valence-electron chi connectivity index (χ0n) is 9.09. The summed E-state index contributed by atoms with van der Waals surface area (Å²) in [5.41, 5.74) is 1.71. The van der Waals surface area contributed by atoms with Crippen LogP contribution < -0.4 is 5.32 Å². The van der Waals surface area contributed by atoms with Crippen LogP contribution in [0.1, 0.15) is 12.5 Å². The van der Waals surface area contributed by atoms with Gasteiger partial charge in [-0.15, -0.1) is 0 Å². The highest BCUT2D eigenvalue weighted by Gasteiger charge is 2.12. The van der Waals surface area contributed by atoms with Crippen molar-refractivity contribution >= 4 is 43.5 Å². The lowest BCUT2D eigenvalue weighted by Crippen LogP contribution is -2.20. The van der Waals surface area contributed by atoms with Crippen LogP contribution in [-0.2, 0) is 16.1 Å². The predicted octanol–water partition coefficient (Wildman–Crippen LogP) is 3.32. The average molecular weight is 351 g/mol. The highest BCUT2D eigenvalue weighted by Crippen LogP contribution is 2.25. The third kappa shape index (κ3) is 3.57. The van der Waals surface area contributed by atoms with E-state index in [2.05, 4.69) is 37.2 Å². The summed E-state index contributed by atoms with van der Waals surface area (Å²) in [7, 11) is 1.62. The number of amides is 1. The monoisotopic (exact) mass is 349 g/mol. The van der Waals surface area contributed by atoms with E-state index in [-0.39, 0.29) is 10.7 Å². The number of halogens is 2. The lowest BCUT2D eigenvalue weighted by Gasteiger charge is -2.13. The molecule has 0 heterocycles. The molecule has 1 unspecified atom stereocenters. The standard InChI is InChI=1S/C11H13Br2NO2/c1-7(12)11(15)14-10-5-3-4-9(13)8(10)6-16-2/h3-5,7H,6H2,1-2H3,(H,14,15). The van der Waals surface area contributed by atoms with E-state index in [0.717, 1.165) is 15.7 Å². The molecule has 0 bridgehead atoms. The Hall–Kier alpha value is -0.390. The van der Waals surface area contributed by atoms with Crippen LogP contribution >= 0.6 is 31.9 Å². The van der Waals surface area contributed by atoms with Crippen molar-refractivity contribution in [2.75, 3.05) is 12.4 Å². The number of nitrogens with one attached hydrogen (secondary N) is 1. The van der Waals surface area contributed by atoms with Crippen LogP contribution in [0.5, 0.6) is 0 Å². The zero-order valence-corrected chi connectivity index (χ0v) is 12.3. The van der Waals surface area contributed by atoms with Gasteiger partial charge in [-0.1, -0.05) is 37.9 Å². The van der Waals surface area contributed by atoms with Gasteiger partial charge in [-0.05, 0) is 19.1 Å². The van der Waals surface area contributed by atoms with Crippen molar-refractivity contribution in [1.82, 2.24) is 0 Å². The minimum atomic E-state index is -0.220. The first-order valence-corrected chi connectivity index (χ1v) is 6.48. The van der Waals surface area contributed by atoms with Gasteiger partial charge in [0, 0.05) is 22.8 Å². The summed E-state index contributed by atoms with van der Waals surface area (Å²) in [5, 5.41) is 2.84. The van der Waals surface area contributed by atoms with Crippen molar-refractivity contribution in [2.45, 2.75) is 18.4 Å². The molecule has 0 aromatic heterocycles. The molecule has 1 aromatic rings. The Morgan fingerprint density at radius 3 is 2.81 bits per heavy atom. The van der Waals surface area contributed by atoms with Crippen molar-refractivity contribution in [3.05, 3.63) is 28.2 Å². The fourth-order valence-electron chi connectivity index (χ4n) is 1.20. The van der Waals surface area contributed by atoms with Gasteiger partial charge >= 0.3 is 0 Å². The topological polar surface area (TPSA) is 38.3 Å². The summed E-state index contributed by atoms with van der Waals surface area (Å²) in [6.45, 7) is 2.23. The highest BCUT2D eigenvalue weighted by molar-refractivity contribution is 9.10. The second-order valence-corrected chi connectivity index (χ2v) is 5.53. The number of rotatable bonds is 4. The number of ether oxygens (including phenoxy) is 1. The zero-order chi connectivity index (χ0) is 12.1. The molecule has 1 N–H and O–H groups in total. The predicted molar refractivity (Wildman–Crippen MR) is 71.9 cm³/mol. The second-order valence-electron chi connectivity index (χ2n) is 3.30. The number of carbonyl (C=O) groups excluding carboxylic acids is 1. The molecule has 0 saturated heterocycles. The van der Waals surface area contributed by atoms with Crippen LogP contribution in [0.15, 0.2) is 22.7 Å². The molecule has 3 nitrogen and oxygen atoms in total. The lowest BCUT2D eigenvalue weighted by atomic mass is 10.2. The minimum Gasteiger partial charge on any atom is -0.380 e. The van der Waals surface area contributed by atoms with Gasteiger partial charge in [0.1, 0.15) is 0 Å². The number of carbonyl (C=O) groups is 1. The Kier molecular flexibility index (Phi) is 5.44. The summed E-state index contributed by atoms with van der Waals surface area (Å²) in [5.74, 6) is -0.0737. The summed E-state index contributed by atoms with van der Waals surface area (Å²) in [6.07, 6.45) is 0. The van der Waals surface area contributed by atoms with Crippen LogP contribution in [0.4, 0.5) is 5.69 Å². The Morgan fingerprint density at radius 2 is 2.25 bits per heavy atom. The van der Waals surface area contributed by atoms with Crippen molar-refractivity contribution in [2.24, 2.45) is 0 Å². The lowest BCUT2D eigenvalue weighted by molar-refractivity contribution is -0.115. The molecule has 0 fully saturated rings. The molecule has 0 aliphatic rings. The molecular formula is C11H13Br2NO2. The van der Waals surface area contributed by atoms with Gasteiger partial charge in [-0.2, -0.15) is 0 Å². The normalized spacial score (nSPS) is 12.2. The molecular weight excluding hydrogens is 338 g/mol. The number of hydrogen-bond acceptors (Lipinski definition) is 2.